The van der Waals surface area contributed by atoms with Gasteiger partial charge in [-0.2, -0.15) is 5.26 Å². The van der Waals surface area contributed by atoms with Gasteiger partial charge in [-0.05, 0) is 25.9 Å². The van der Waals surface area contributed by atoms with Crippen LogP contribution in [0.25, 0.3) is 0 Å². The molecule has 0 saturated carbocycles. The fourth-order valence-electron chi connectivity index (χ4n) is 2.04. The molecule has 0 aliphatic carbocycles. The Morgan fingerprint density at radius 1 is 1.36 bits per heavy atom. The summed E-state index contributed by atoms with van der Waals surface area (Å²) in [6.07, 6.45) is 2.62. The van der Waals surface area contributed by atoms with Crippen molar-refractivity contribution < 1.29 is 9.47 Å². The Balaban J connectivity index is 1.79. The van der Waals surface area contributed by atoms with Crippen LogP contribution in [0.4, 0.5) is 0 Å². The zero-order valence-corrected chi connectivity index (χ0v) is 8.24. The van der Waals surface area contributed by atoms with Crippen molar-refractivity contribution in [2.24, 2.45) is 5.92 Å². The molecule has 1 N–H and O–H groups in total. The van der Waals surface area contributed by atoms with E-state index in [2.05, 4.69) is 11.4 Å². The van der Waals surface area contributed by atoms with Gasteiger partial charge in [-0.15, -0.1) is 0 Å². The van der Waals surface area contributed by atoms with E-state index in [4.69, 9.17) is 14.7 Å². The summed E-state index contributed by atoms with van der Waals surface area (Å²) < 4.78 is 11.2. The van der Waals surface area contributed by atoms with E-state index in [9.17, 15) is 0 Å². The topological polar surface area (TPSA) is 54.3 Å². The van der Waals surface area contributed by atoms with E-state index < -0.39 is 0 Å². The van der Waals surface area contributed by atoms with Crippen LogP contribution in [-0.4, -0.2) is 32.1 Å². The van der Waals surface area contributed by atoms with Crippen LogP contribution < -0.4 is 5.32 Å². The minimum absolute atomic E-state index is 0.000106. The maximum absolute atomic E-state index is 8.53. The first kappa shape index (κ1) is 9.91. The number of nitrogens with zero attached hydrogens (tertiary/aromatic N) is 1. The molecule has 0 amide bonds. The van der Waals surface area contributed by atoms with Crippen molar-refractivity contribution in [3.05, 3.63) is 0 Å². The van der Waals surface area contributed by atoms with Gasteiger partial charge in [0.15, 0.2) is 6.29 Å². The molecule has 0 bridgehead atoms. The number of ether oxygens (including phenoxy) is 2. The Morgan fingerprint density at radius 2 is 2.14 bits per heavy atom. The summed E-state index contributed by atoms with van der Waals surface area (Å²) in [5, 5.41) is 11.8. The van der Waals surface area contributed by atoms with Crippen LogP contribution in [0.3, 0.4) is 0 Å². The SMILES string of the molecule is N#CCC1COC(C2CCNCC2)O1. The smallest absolute Gasteiger partial charge is 0.161 e. The average molecular weight is 196 g/mol. The summed E-state index contributed by atoms with van der Waals surface area (Å²) in [7, 11) is 0. The number of nitriles is 1. The molecular weight excluding hydrogens is 180 g/mol. The first-order valence-corrected chi connectivity index (χ1v) is 5.25. The molecule has 2 aliphatic heterocycles. The molecule has 0 aromatic rings. The summed E-state index contributed by atoms with van der Waals surface area (Å²) in [4.78, 5) is 0. The molecule has 14 heavy (non-hydrogen) atoms. The molecule has 2 fully saturated rings. The van der Waals surface area contributed by atoms with Crippen molar-refractivity contribution in [3.8, 4) is 6.07 Å². The Morgan fingerprint density at radius 3 is 2.86 bits per heavy atom. The molecule has 2 atom stereocenters. The molecule has 2 aliphatic rings. The second kappa shape index (κ2) is 4.74. The molecule has 4 nitrogen and oxygen atoms in total. The molecule has 0 aromatic carbocycles. The zero-order valence-electron chi connectivity index (χ0n) is 8.24. The molecule has 4 heteroatoms. The minimum Gasteiger partial charge on any atom is -0.350 e. The highest BCUT2D eigenvalue weighted by molar-refractivity contribution is 4.82. The quantitative estimate of drug-likeness (QED) is 0.704. The van der Waals surface area contributed by atoms with Crippen LogP contribution in [0.5, 0.6) is 0 Å². The van der Waals surface area contributed by atoms with Crippen LogP contribution in [0, 0.1) is 17.2 Å². The summed E-state index contributed by atoms with van der Waals surface area (Å²) in [5.41, 5.74) is 0. The maximum Gasteiger partial charge on any atom is 0.161 e. The number of hydrogen-bond acceptors (Lipinski definition) is 4. The van der Waals surface area contributed by atoms with E-state index >= 15 is 0 Å². The van der Waals surface area contributed by atoms with Crippen LogP contribution in [0.2, 0.25) is 0 Å². The van der Waals surface area contributed by atoms with Crippen LogP contribution >= 0.6 is 0 Å². The lowest BCUT2D eigenvalue weighted by Gasteiger charge is -2.26. The third kappa shape index (κ3) is 2.24. The Labute approximate surface area is 84.2 Å². The van der Waals surface area contributed by atoms with Gasteiger partial charge in [0.2, 0.25) is 0 Å². The molecule has 2 unspecified atom stereocenters. The molecule has 78 valence electrons. The van der Waals surface area contributed by atoms with Crippen molar-refractivity contribution in [1.82, 2.24) is 5.32 Å². The monoisotopic (exact) mass is 196 g/mol. The Hall–Kier alpha value is -0.630. The van der Waals surface area contributed by atoms with Gasteiger partial charge in [0.1, 0.15) is 0 Å². The van der Waals surface area contributed by atoms with Gasteiger partial charge < -0.3 is 14.8 Å². The van der Waals surface area contributed by atoms with Gasteiger partial charge in [0.25, 0.3) is 0 Å². The van der Waals surface area contributed by atoms with E-state index in [-0.39, 0.29) is 12.4 Å². The van der Waals surface area contributed by atoms with Gasteiger partial charge in [-0.25, -0.2) is 0 Å². The third-order valence-corrected chi connectivity index (χ3v) is 2.86. The average Bonchev–Trinajstić information content (AvgIpc) is 2.68. The lowest BCUT2D eigenvalue weighted by Crippen LogP contribution is -2.34. The van der Waals surface area contributed by atoms with E-state index in [1.165, 1.54) is 0 Å². The van der Waals surface area contributed by atoms with Crippen molar-refractivity contribution >= 4 is 0 Å². The molecule has 2 saturated heterocycles. The van der Waals surface area contributed by atoms with E-state index in [1.54, 1.807) is 0 Å². The number of rotatable bonds is 2. The van der Waals surface area contributed by atoms with Crippen LogP contribution in [0.15, 0.2) is 0 Å². The lowest BCUT2D eigenvalue weighted by molar-refractivity contribution is -0.102. The normalized spacial score (nSPS) is 34.2. The molecular formula is C10H16N2O2. The van der Waals surface area contributed by atoms with Gasteiger partial charge >= 0.3 is 0 Å². The molecule has 0 aromatic heterocycles. The Kier molecular flexibility index (Phi) is 3.35. The second-order valence-electron chi connectivity index (χ2n) is 3.91. The second-order valence-corrected chi connectivity index (χ2v) is 3.91. The highest BCUT2D eigenvalue weighted by atomic mass is 16.7. The van der Waals surface area contributed by atoms with Gasteiger partial charge in [0.05, 0.1) is 25.2 Å². The fraction of sp³-hybridized carbons (Fsp3) is 0.900. The first-order chi connectivity index (χ1) is 6.90. The predicted molar refractivity (Wildman–Crippen MR) is 50.4 cm³/mol. The van der Waals surface area contributed by atoms with Crippen molar-refractivity contribution in [3.63, 3.8) is 0 Å². The van der Waals surface area contributed by atoms with Crippen molar-refractivity contribution in [2.45, 2.75) is 31.7 Å². The highest BCUT2D eigenvalue weighted by Gasteiger charge is 2.32. The molecule has 2 heterocycles. The minimum atomic E-state index is -0.0598. The van der Waals surface area contributed by atoms with Gasteiger partial charge in [-0.1, -0.05) is 0 Å². The van der Waals surface area contributed by atoms with Crippen LogP contribution in [-0.2, 0) is 9.47 Å². The fourth-order valence-corrected chi connectivity index (χ4v) is 2.04. The van der Waals surface area contributed by atoms with Gasteiger partial charge in [-0.3, -0.25) is 0 Å². The van der Waals surface area contributed by atoms with Crippen LogP contribution in [0.1, 0.15) is 19.3 Å². The molecule has 2 rings (SSSR count). The summed E-state index contributed by atoms with van der Waals surface area (Å²) in [6.45, 7) is 2.69. The van der Waals surface area contributed by atoms with E-state index in [0.29, 0.717) is 18.9 Å². The molecule has 0 spiro atoms. The van der Waals surface area contributed by atoms with E-state index in [0.717, 1.165) is 25.9 Å². The Bertz CT molecular complexity index is 221. The highest BCUT2D eigenvalue weighted by Crippen LogP contribution is 2.26. The number of hydrogen-bond donors (Lipinski definition) is 1. The number of nitrogens with one attached hydrogen (secondary N) is 1. The van der Waals surface area contributed by atoms with Crippen molar-refractivity contribution in [2.75, 3.05) is 19.7 Å². The summed E-state index contributed by atoms with van der Waals surface area (Å²) in [5.74, 6) is 0.514. The largest absolute Gasteiger partial charge is 0.350 e. The third-order valence-electron chi connectivity index (χ3n) is 2.86. The zero-order chi connectivity index (χ0) is 9.80. The lowest BCUT2D eigenvalue weighted by atomic mass is 9.98. The van der Waals surface area contributed by atoms with Crippen molar-refractivity contribution in [1.29, 1.82) is 5.26 Å². The predicted octanol–water partition coefficient (Wildman–Crippen LogP) is 0.641. The summed E-state index contributed by atoms with van der Waals surface area (Å²) in [6, 6.07) is 2.12. The summed E-state index contributed by atoms with van der Waals surface area (Å²) >= 11 is 0. The maximum atomic E-state index is 8.53. The standard InChI is InChI=1S/C10H16N2O2/c11-4-1-9-7-13-10(14-9)8-2-5-12-6-3-8/h8-10,12H,1-3,5-7H2. The van der Waals surface area contributed by atoms with E-state index in [1.807, 2.05) is 0 Å². The molecule has 0 radical (unpaired) electrons. The van der Waals surface area contributed by atoms with Gasteiger partial charge in [0, 0.05) is 5.92 Å². The number of piperidine rings is 1. The first-order valence-electron chi connectivity index (χ1n) is 5.25.